The Kier molecular flexibility index (Phi) is 4.06. The second-order valence-corrected chi connectivity index (χ2v) is 6.24. The molecule has 0 saturated carbocycles. The number of rotatable bonds is 3. The fourth-order valence-electron chi connectivity index (χ4n) is 2.03. The lowest BCUT2D eigenvalue weighted by Crippen LogP contribution is -2.38. The molecule has 1 unspecified atom stereocenters. The number of carbonyl (C=O) groups is 1. The van der Waals surface area contributed by atoms with Crippen molar-refractivity contribution in [3.05, 3.63) is 30.3 Å². The van der Waals surface area contributed by atoms with Gasteiger partial charge in [0.25, 0.3) is 0 Å². The van der Waals surface area contributed by atoms with Crippen molar-refractivity contribution in [3.63, 3.8) is 0 Å². The van der Waals surface area contributed by atoms with Gasteiger partial charge in [0, 0.05) is 19.1 Å². The molecule has 0 spiro atoms. The molecular formula is C12H16N2O4S. The third kappa shape index (κ3) is 3.05. The molecule has 1 fully saturated rings. The average Bonchev–Trinajstić information content (AvgIpc) is 2.89. The van der Waals surface area contributed by atoms with Gasteiger partial charge in [0.2, 0.25) is 10.0 Å². The monoisotopic (exact) mass is 284 g/mol. The van der Waals surface area contributed by atoms with Gasteiger partial charge in [0.1, 0.15) is 0 Å². The van der Waals surface area contributed by atoms with Crippen molar-refractivity contribution in [2.24, 2.45) is 0 Å². The summed E-state index contributed by atoms with van der Waals surface area (Å²) < 4.78 is 30.5. The number of amides is 1. The molecule has 0 aromatic heterocycles. The van der Waals surface area contributed by atoms with Crippen molar-refractivity contribution in [1.29, 1.82) is 0 Å². The summed E-state index contributed by atoms with van der Waals surface area (Å²) in [6.45, 7) is 0.665. The van der Waals surface area contributed by atoms with E-state index in [0.29, 0.717) is 13.0 Å². The van der Waals surface area contributed by atoms with E-state index < -0.39 is 16.1 Å². The molecule has 1 heterocycles. The summed E-state index contributed by atoms with van der Waals surface area (Å²) in [7, 11) is -2.19. The van der Waals surface area contributed by atoms with Crippen molar-refractivity contribution in [2.45, 2.75) is 17.4 Å². The lowest BCUT2D eigenvalue weighted by molar-refractivity contribution is 0.167. The zero-order valence-corrected chi connectivity index (χ0v) is 11.4. The van der Waals surface area contributed by atoms with Crippen LogP contribution < -0.4 is 5.32 Å². The highest BCUT2D eigenvalue weighted by atomic mass is 32.2. The zero-order valence-electron chi connectivity index (χ0n) is 10.6. The van der Waals surface area contributed by atoms with Crippen LogP contribution in [0.15, 0.2) is 35.2 Å². The number of benzene rings is 1. The second kappa shape index (κ2) is 5.58. The number of carbonyl (C=O) groups excluding carboxylic acids is 1. The van der Waals surface area contributed by atoms with Crippen LogP contribution in [0.25, 0.3) is 0 Å². The van der Waals surface area contributed by atoms with Gasteiger partial charge >= 0.3 is 6.09 Å². The Morgan fingerprint density at radius 1 is 1.37 bits per heavy atom. The SMILES string of the molecule is COC(=O)NC1CCN(S(=O)(=O)c2ccccc2)C1. The van der Waals surface area contributed by atoms with E-state index in [9.17, 15) is 13.2 Å². The van der Waals surface area contributed by atoms with Gasteiger partial charge in [0.15, 0.2) is 0 Å². The van der Waals surface area contributed by atoms with E-state index in [2.05, 4.69) is 10.1 Å². The van der Waals surface area contributed by atoms with Gasteiger partial charge in [-0.05, 0) is 18.6 Å². The van der Waals surface area contributed by atoms with E-state index in [1.807, 2.05) is 0 Å². The quantitative estimate of drug-likeness (QED) is 0.891. The molecule has 104 valence electrons. The molecule has 7 heteroatoms. The molecule has 0 aliphatic carbocycles. The number of nitrogens with one attached hydrogen (secondary N) is 1. The predicted octanol–water partition coefficient (Wildman–Crippen LogP) is 0.806. The summed E-state index contributed by atoms with van der Waals surface area (Å²) in [5.74, 6) is 0. The van der Waals surface area contributed by atoms with E-state index in [1.165, 1.54) is 11.4 Å². The van der Waals surface area contributed by atoms with Crippen LogP contribution >= 0.6 is 0 Å². The minimum Gasteiger partial charge on any atom is -0.453 e. The van der Waals surface area contributed by atoms with Crippen molar-refractivity contribution >= 4 is 16.1 Å². The Balaban J connectivity index is 2.06. The van der Waals surface area contributed by atoms with E-state index in [0.717, 1.165) is 0 Å². The molecule has 6 nitrogen and oxygen atoms in total. The number of ether oxygens (including phenoxy) is 1. The highest BCUT2D eigenvalue weighted by molar-refractivity contribution is 7.89. The summed E-state index contributed by atoms with van der Waals surface area (Å²) in [4.78, 5) is 11.4. The first kappa shape index (κ1) is 13.8. The van der Waals surface area contributed by atoms with E-state index in [4.69, 9.17) is 0 Å². The van der Waals surface area contributed by atoms with Gasteiger partial charge in [-0.25, -0.2) is 13.2 Å². The molecule has 1 aromatic rings. The fraction of sp³-hybridized carbons (Fsp3) is 0.417. The van der Waals surface area contributed by atoms with Crippen LogP contribution in [-0.4, -0.2) is 45.1 Å². The standard InChI is InChI=1S/C12H16N2O4S/c1-18-12(15)13-10-7-8-14(9-10)19(16,17)11-5-3-2-4-6-11/h2-6,10H,7-9H2,1H3,(H,13,15). The molecule has 1 aliphatic heterocycles. The molecular weight excluding hydrogens is 268 g/mol. The molecule has 2 rings (SSSR count). The highest BCUT2D eigenvalue weighted by Crippen LogP contribution is 2.20. The maximum Gasteiger partial charge on any atom is 0.407 e. The Morgan fingerprint density at radius 2 is 2.05 bits per heavy atom. The van der Waals surface area contributed by atoms with Crippen LogP contribution in [-0.2, 0) is 14.8 Å². The third-order valence-corrected chi connectivity index (χ3v) is 4.92. The maximum atomic E-state index is 12.3. The van der Waals surface area contributed by atoms with Crippen LogP contribution in [0.3, 0.4) is 0 Å². The first-order chi connectivity index (χ1) is 9.04. The summed E-state index contributed by atoms with van der Waals surface area (Å²) in [5, 5.41) is 2.61. The maximum absolute atomic E-state index is 12.3. The first-order valence-electron chi connectivity index (χ1n) is 5.93. The Morgan fingerprint density at radius 3 is 2.68 bits per heavy atom. The second-order valence-electron chi connectivity index (χ2n) is 4.30. The number of hydrogen-bond acceptors (Lipinski definition) is 4. The summed E-state index contributed by atoms with van der Waals surface area (Å²) in [5.41, 5.74) is 0. The summed E-state index contributed by atoms with van der Waals surface area (Å²) in [6.07, 6.45) is 0.0465. The fourth-order valence-corrected chi connectivity index (χ4v) is 3.55. The van der Waals surface area contributed by atoms with Gasteiger partial charge in [0.05, 0.1) is 12.0 Å². The topological polar surface area (TPSA) is 75.7 Å². The van der Waals surface area contributed by atoms with E-state index in [-0.39, 0.29) is 17.5 Å². The number of nitrogens with zero attached hydrogens (tertiary/aromatic N) is 1. The largest absolute Gasteiger partial charge is 0.453 e. The third-order valence-electron chi connectivity index (χ3n) is 3.04. The van der Waals surface area contributed by atoms with Crippen molar-refractivity contribution in [2.75, 3.05) is 20.2 Å². The lowest BCUT2D eigenvalue weighted by Gasteiger charge is -2.16. The van der Waals surface area contributed by atoms with Gasteiger partial charge in [-0.1, -0.05) is 18.2 Å². The highest BCUT2D eigenvalue weighted by Gasteiger charge is 2.33. The minimum atomic E-state index is -3.47. The molecule has 1 atom stereocenters. The molecule has 19 heavy (non-hydrogen) atoms. The van der Waals surface area contributed by atoms with Crippen LogP contribution in [0.1, 0.15) is 6.42 Å². The van der Waals surface area contributed by atoms with Crippen LogP contribution in [0, 0.1) is 0 Å². The number of sulfonamides is 1. The Labute approximate surface area is 112 Å². The van der Waals surface area contributed by atoms with Crippen molar-refractivity contribution in [3.8, 4) is 0 Å². The Hall–Kier alpha value is -1.60. The van der Waals surface area contributed by atoms with E-state index in [1.54, 1.807) is 30.3 Å². The van der Waals surface area contributed by atoms with Gasteiger partial charge in [-0.2, -0.15) is 4.31 Å². The van der Waals surface area contributed by atoms with E-state index >= 15 is 0 Å². The summed E-state index contributed by atoms with van der Waals surface area (Å²) in [6, 6.07) is 8.07. The normalized spacial score (nSPS) is 20.2. The first-order valence-corrected chi connectivity index (χ1v) is 7.37. The number of alkyl carbamates (subject to hydrolysis) is 1. The lowest BCUT2D eigenvalue weighted by atomic mass is 10.3. The van der Waals surface area contributed by atoms with Gasteiger partial charge < -0.3 is 10.1 Å². The van der Waals surface area contributed by atoms with Gasteiger partial charge in [-0.3, -0.25) is 0 Å². The zero-order chi connectivity index (χ0) is 13.9. The molecule has 1 aliphatic rings. The molecule has 1 saturated heterocycles. The molecule has 0 radical (unpaired) electrons. The predicted molar refractivity (Wildman–Crippen MR) is 69.1 cm³/mol. The molecule has 0 bridgehead atoms. The minimum absolute atomic E-state index is 0.203. The molecule has 1 N–H and O–H groups in total. The number of hydrogen-bond donors (Lipinski definition) is 1. The number of methoxy groups -OCH3 is 1. The van der Waals surface area contributed by atoms with Crippen molar-refractivity contribution < 1.29 is 17.9 Å². The Bertz CT molecular complexity index is 544. The van der Waals surface area contributed by atoms with Crippen LogP contribution in [0.2, 0.25) is 0 Å². The molecule has 1 amide bonds. The average molecular weight is 284 g/mol. The van der Waals surface area contributed by atoms with Crippen molar-refractivity contribution in [1.82, 2.24) is 9.62 Å². The smallest absolute Gasteiger partial charge is 0.407 e. The van der Waals surface area contributed by atoms with Gasteiger partial charge in [-0.15, -0.1) is 0 Å². The molecule has 1 aromatic carbocycles. The van der Waals surface area contributed by atoms with Crippen LogP contribution in [0.5, 0.6) is 0 Å². The summed E-state index contributed by atoms with van der Waals surface area (Å²) >= 11 is 0. The van der Waals surface area contributed by atoms with Crippen LogP contribution in [0.4, 0.5) is 4.79 Å².